The molecule has 2 aromatic rings. The number of amides is 1. The van der Waals surface area contributed by atoms with Gasteiger partial charge in [-0.1, -0.05) is 0 Å². The third kappa shape index (κ3) is 2.13. The summed E-state index contributed by atoms with van der Waals surface area (Å²) < 4.78 is 12.1. The number of hydrogen-bond acceptors (Lipinski definition) is 5. The van der Waals surface area contributed by atoms with Crippen molar-refractivity contribution in [2.75, 3.05) is 17.8 Å². The molecule has 0 spiro atoms. The third-order valence-electron chi connectivity index (χ3n) is 2.96. The van der Waals surface area contributed by atoms with Crippen LogP contribution in [-0.2, 0) is 6.54 Å². The molecule has 1 aromatic carbocycles. The Kier molecular flexibility index (Phi) is 2.94. The molecule has 104 valence electrons. The second-order valence-electron chi connectivity index (χ2n) is 4.31. The highest BCUT2D eigenvalue weighted by molar-refractivity contribution is 6.06. The van der Waals surface area contributed by atoms with Crippen molar-refractivity contribution >= 4 is 17.3 Å². The number of nitrogen functional groups attached to an aromatic ring is 1. The fraction of sp³-hybridized carbons (Fsp3) is 0.231. The SMILES string of the molecule is CCn1cc(N)c(C(=O)Nc2ccc3c(c2)OCO3)n1. The van der Waals surface area contributed by atoms with Gasteiger partial charge in [0.1, 0.15) is 0 Å². The lowest BCUT2D eigenvalue weighted by Gasteiger charge is -2.04. The van der Waals surface area contributed by atoms with E-state index in [9.17, 15) is 4.79 Å². The van der Waals surface area contributed by atoms with Gasteiger partial charge in [-0.05, 0) is 19.1 Å². The van der Waals surface area contributed by atoms with Gasteiger partial charge in [0.2, 0.25) is 6.79 Å². The van der Waals surface area contributed by atoms with Gasteiger partial charge in [-0.3, -0.25) is 9.48 Å². The first-order valence-electron chi connectivity index (χ1n) is 6.21. The molecule has 0 fully saturated rings. The number of nitrogens with zero attached hydrogens (tertiary/aromatic N) is 2. The van der Waals surface area contributed by atoms with Gasteiger partial charge in [-0.2, -0.15) is 5.10 Å². The van der Waals surface area contributed by atoms with Gasteiger partial charge in [-0.15, -0.1) is 0 Å². The Morgan fingerprint density at radius 1 is 1.45 bits per heavy atom. The second kappa shape index (κ2) is 4.76. The van der Waals surface area contributed by atoms with E-state index in [4.69, 9.17) is 15.2 Å². The number of rotatable bonds is 3. The summed E-state index contributed by atoms with van der Waals surface area (Å²) in [5.74, 6) is 0.918. The van der Waals surface area contributed by atoms with Crippen molar-refractivity contribution in [2.45, 2.75) is 13.5 Å². The first-order valence-corrected chi connectivity index (χ1v) is 6.21. The molecule has 20 heavy (non-hydrogen) atoms. The number of aryl methyl sites for hydroxylation is 1. The van der Waals surface area contributed by atoms with E-state index in [1.807, 2.05) is 6.92 Å². The molecule has 1 aliphatic heterocycles. The second-order valence-corrected chi connectivity index (χ2v) is 4.31. The van der Waals surface area contributed by atoms with Crippen molar-refractivity contribution in [3.05, 3.63) is 30.1 Å². The largest absolute Gasteiger partial charge is 0.454 e. The summed E-state index contributed by atoms with van der Waals surface area (Å²) in [5, 5.41) is 6.86. The topological polar surface area (TPSA) is 91.4 Å². The van der Waals surface area contributed by atoms with Crippen LogP contribution in [0.15, 0.2) is 24.4 Å². The lowest BCUT2D eigenvalue weighted by Crippen LogP contribution is -2.14. The van der Waals surface area contributed by atoms with Crippen molar-refractivity contribution in [3.8, 4) is 11.5 Å². The number of hydrogen-bond donors (Lipinski definition) is 2. The lowest BCUT2D eigenvalue weighted by molar-refractivity contribution is 0.102. The van der Waals surface area contributed by atoms with Gasteiger partial charge in [-0.25, -0.2) is 0 Å². The summed E-state index contributed by atoms with van der Waals surface area (Å²) >= 11 is 0. The third-order valence-corrected chi connectivity index (χ3v) is 2.96. The molecular weight excluding hydrogens is 260 g/mol. The maximum atomic E-state index is 12.1. The summed E-state index contributed by atoms with van der Waals surface area (Å²) in [5.41, 5.74) is 6.94. The van der Waals surface area contributed by atoms with Crippen LogP contribution in [-0.4, -0.2) is 22.5 Å². The fourth-order valence-corrected chi connectivity index (χ4v) is 1.94. The van der Waals surface area contributed by atoms with E-state index in [0.29, 0.717) is 29.4 Å². The van der Waals surface area contributed by atoms with Crippen molar-refractivity contribution in [1.29, 1.82) is 0 Å². The van der Waals surface area contributed by atoms with Crippen molar-refractivity contribution in [2.24, 2.45) is 0 Å². The van der Waals surface area contributed by atoms with E-state index in [-0.39, 0.29) is 18.4 Å². The number of benzene rings is 1. The first kappa shape index (κ1) is 12.3. The number of nitrogens with two attached hydrogens (primary N) is 1. The molecule has 1 amide bonds. The molecule has 0 saturated carbocycles. The average Bonchev–Trinajstić information content (AvgIpc) is 3.04. The molecule has 1 aliphatic rings. The molecule has 3 N–H and O–H groups in total. The van der Waals surface area contributed by atoms with Crippen LogP contribution >= 0.6 is 0 Å². The first-order chi connectivity index (χ1) is 9.67. The lowest BCUT2D eigenvalue weighted by atomic mass is 10.2. The molecule has 0 unspecified atom stereocenters. The molecule has 0 atom stereocenters. The van der Waals surface area contributed by atoms with E-state index in [2.05, 4.69) is 10.4 Å². The number of nitrogens with one attached hydrogen (secondary N) is 1. The van der Waals surface area contributed by atoms with Crippen LogP contribution in [0.25, 0.3) is 0 Å². The maximum absolute atomic E-state index is 12.1. The van der Waals surface area contributed by atoms with E-state index >= 15 is 0 Å². The molecule has 0 aliphatic carbocycles. The number of carbonyl (C=O) groups excluding carboxylic acids is 1. The Morgan fingerprint density at radius 3 is 3.00 bits per heavy atom. The van der Waals surface area contributed by atoms with Gasteiger partial charge in [0.15, 0.2) is 17.2 Å². The highest BCUT2D eigenvalue weighted by Gasteiger charge is 2.17. The summed E-state index contributed by atoms with van der Waals surface area (Å²) in [6, 6.07) is 5.18. The van der Waals surface area contributed by atoms with Crippen molar-refractivity contribution < 1.29 is 14.3 Å². The van der Waals surface area contributed by atoms with Gasteiger partial charge < -0.3 is 20.5 Å². The maximum Gasteiger partial charge on any atom is 0.278 e. The van der Waals surface area contributed by atoms with E-state index < -0.39 is 0 Å². The van der Waals surface area contributed by atoms with Gasteiger partial charge in [0.25, 0.3) is 5.91 Å². The summed E-state index contributed by atoms with van der Waals surface area (Å²) in [6.07, 6.45) is 1.63. The quantitative estimate of drug-likeness (QED) is 0.884. The predicted molar refractivity (Wildman–Crippen MR) is 72.8 cm³/mol. The van der Waals surface area contributed by atoms with Crippen LogP contribution < -0.4 is 20.5 Å². The zero-order chi connectivity index (χ0) is 14.1. The molecule has 2 heterocycles. The number of fused-ring (bicyclic) bond motifs is 1. The van der Waals surface area contributed by atoms with Crippen LogP contribution in [0, 0.1) is 0 Å². The Bertz CT molecular complexity index is 666. The highest BCUT2D eigenvalue weighted by Crippen LogP contribution is 2.34. The predicted octanol–water partition coefficient (Wildman–Crippen LogP) is 1.47. The molecular formula is C13H14N4O3. The standard InChI is InChI=1S/C13H14N4O3/c1-2-17-6-9(14)12(16-17)13(18)15-8-3-4-10-11(5-8)20-7-19-10/h3-6H,2,7,14H2,1H3,(H,15,18). The number of aromatic nitrogens is 2. The minimum absolute atomic E-state index is 0.195. The van der Waals surface area contributed by atoms with Crippen LogP contribution in [0.1, 0.15) is 17.4 Å². The van der Waals surface area contributed by atoms with Gasteiger partial charge in [0.05, 0.1) is 5.69 Å². The molecule has 0 radical (unpaired) electrons. The monoisotopic (exact) mass is 274 g/mol. The minimum atomic E-state index is -0.353. The van der Waals surface area contributed by atoms with Crippen LogP contribution in [0.4, 0.5) is 11.4 Å². The summed E-state index contributed by atoms with van der Waals surface area (Å²) in [4.78, 5) is 12.1. The van der Waals surface area contributed by atoms with E-state index in [0.717, 1.165) is 0 Å². The Hall–Kier alpha value is -2.70. The van der Waals surface area contributed by atoms with Gasteiger partial charge >= 0.3 is 0 Å². The number of anilines is 2. The molecule has 7 nitrogen and oxygen atoms in total. The summed E-state index contributed by atoms with van der Waals surface area (Å²) in [7, 11) is 0. The Balaban J connectivity index is 1.80. The Morgan fingerprint density at radius 2 is 2.25 bits per heavy atom. The fourth-order valence-electron chi connectivity index (χ4n) is 1.94. The number of carbonyl (C=O) groups is 1. The van der Waals surface area contributed by atoms with E-state index in [1.54, 1.807) is 29.1 Å². The van der Waals surface area contributed by atoms with Crippen LogP contribution in [0.3, 0.4) is 0 Å². The molecule has 0 saturated heterocycles. The van der Waals surface area contributed by atoms with Gasteiger partial charge in [0, 0.05) is 24.5 Å². The van der Waals surface area contributed by atoms with Crippen molar-refractivity contribution in [3.63, 3.8) is 0 Å². The zero-order valence-electron chi connectivity index (χ0n) is 10.9. The smallest absolute Gasteiger partial charge is 0.278 e. The van der Waals surface area contributed by atoms with Crippen LogP contribution in [0.5, 0.6) is 11.5 Å². The molecule has 0 bridgehead atoms. The molecule has 3 rings (SSSR count). The van der Waals surface area contributed by atoms with E-state index in [1.165, 1.54) is 0 Å². The van der Waals surface area contributed by atoms with Crippen molar-refractivity contribution in [1.82, 2.24) is 9.78 Å². The molecule has 7 heteroatoms. The minimum Gasteiger partial charge on any atom is -0.454 e. The normalized spacial score (nSPS) is 12.4. The summed E-state index contributed by atoms with van der Waals surface area (Å²) in [6.45, 7) is 2.77. The highest BCUT2D eigenvalue weighted by atomic mass is 16.7. The molecule has 1 aromatic heterocycles. The number of ether oxygens (including phenoxy) is 2. The van der Waals surface area contributed by atoms with Crippen LogP contribution in [0.2, 0.25) is 0 Å². The zero-order valence-corrected chi connectivity index (χ0v) is 10.9. The Labute approximate surface area is 115 Å². The average molecular weight is 274 g/mol.